The van der Waals surface area contributed by atoms with Crippen molar-refractivity contribution in [3.63, 3.8) is 0 Å². The van der Waals surface area contributed by atoms with Gasteiger partial charge in [0.25, 0.3) is 0 Å². The number of hydrogen-bond donors (Lipinski definition) is 0. The van der Waals surface area contributed by atoms with Gasteiger partial charge in [-0.2, -0.15) is 0 Å². The fourth-order valence-corrected chi connectivity index (χ4v) is 3.12. The lowest BCUT2D eigenvalue weighted by Crippen LogP contribution is -2.45. The second-order valence-electron chi connectivity index (χ2n) is 7.98. The van der Waals surface area contributed by atoms with Gasteiger partial charge in [0.15, 0.2) is 8.32 Å². The highest BCUT2D eigenvalue weighted by molar-refractivity contribution is 6.74. The van der Waals surface area contributed by atoms with E-state index in [0.717, 1.165) is 5.82 Å². The molecule has 0 N–H and O–H groups in total. The van der Waals surface area contributed by atoms with E-state index < -0.39 is 8.32 Å². The fourth-order valence-electron chi connectivity index (χ4n) is 1.74. The lowest BCUT2D eigenvalue weighted by Gasteiger charge is -2.43. The Labute approximate surface area is 119 Å². The SMILES string of the molecule is Cc1nccn1C(O[Si](C)(C)C(C)(C)C)C(C)(C)C. The largest absolute Gasteiger partial charge is 0.396 e. The number of imidazole rings is 1. The van der Waals surface area contributed by atoms with Crippen LogP contribution in [0.5, 0.6) is 0 Å². The molecule has 1 rings (SSSR count). The zero-order chi connectivity index (χ0) is 15.1. The first-order valence-corrected chi connectivity index (χ1v) is 9.94. The van der Waals surface area contributed by atoms with Gasteiger partial charge in [-0.25, -0.2) is 4.98 Å². The molecule has 0 amide bonds. The smallest absolute Gasteiger partial charge is 0.194 e. The Morgan fingerprint density at radius 3 is 2.00 bits per heavy atom. The molecule has 0 fully saturated rings. The Hall–Kier alpha value is -0.613. The van der Waals surface area contributed by atoms with Crippen molar-refractivity contribution < 1.29 is 4.43 Å². The third-order valence-electron chi connectivity index (χ3n) is 4.07. The van der Waals surface area contributed by atoms with Crippen molar-refractivity contribution in [1.29, 1.82) is 0 Å². The summed E-state index contributed by atoms with van der Waals surface area (Å²) in [4.78, 5) is 4.34. The molecule has 0 spiro atoms. The van der Waals surface area contributed by atoms with E-state index in [1.807, 2.05) is 19.3 Å². The van der Waals surface area contributed by atoms with Crippen LogP contribution in [0.25, 0.3) is 0 Å². The number of rotatable bonds is 3. The number of aryl methyl sites for hydroxylation is 1. The first-order chi connectivity index (χ1) is 8.36. The van der Waals surface area contributed by atoms with Gasteiger partial charge in [0.05, 0.1) is 0 Å². The van der Waals surface area contributed by atoms with Crippen LogP contribution in [0, 0.1) is 12.3 Å². The van der Waals surface area contributed by atoms with Crippen LogP contribution in [0.4, 0.5) is 0 Å². The Bertz CT molecular complexity index is 424. The second kappa shape index (κ2) is 5.06. The third kappa shape index (κ3) is 3.69. The summed E-state index contributed by atoms with van der Waals surface area (Å²) in [6.45, 7) is 20.2. The van der Waals surface area contributed by atoms with Crippen molar-refractivity contribution in [2.75, 3.05) is 0 Å². The molecule has 0 aliphatic rings. The zero-order valence-electron chi connectivity index (χ0n) is 14.0. The van der Waals surface area contributed by atoms with E-state index >= 15 is 0 Å². The summed E-state index contributed by atoms with van der Waals surface area (Å²) < 4.78 is 8.82. The molecule has 0 bridgehead atoms. The van der Waals surface area contributed by atoms with Crippen LogP contribution in [0.2, 0.25) is 18.1 Å². The summed E-state index contributed by atoms with van der Waals surface area (Å²) >= 11 is 0. The van der Waals surface area contributed by atoms with Gasteiger partial charge < -0.3 is 8.99 Å². The maximum absolute atomic E-state index is 6.65. The van der Waals surface area contributed by atoms with E-state index in [9.17, 15) is 0 Å². The van der Waals surface area contributed by atoms with Crippen molar-refractivity contribution in [2.45, 2.75) is 72.8 Å². The molecular formula is C15H30N2OSi. The first kappa shape index (κ1) is 16.4. The van der Waals surface area contributed by atoms with E-state index in [1.54, 1.807) is 0 Å². The monoisotopic (exact) mass is 282 g/mol. The molecule has 3 nitrogen and oxygen atoms in total. The van der Waals surface area contributed by atoms with E-state index in [2.05, 4.69) is 64.2 Å². The van der Waals surface area contributed by atoms with Gasteiger partial charge in [-0.15, -0.1) is 0 Å². The maximum atomic E-state index is 6.65. The van der Waals surface area contributed by atoms with Crippen molar-refractivity contribution in [1.82, 2.24) is 9.55 Å². The average molecular weight is 283 g/mol. The highest BCUT2D eigenvalue weighted by Crippen LogP contribution is 2.43. The first-order valence-electron chi connectivity index (χ1n) is 7.03. The van der Waals surface area contributed by atoms with E-state index in [0.29, 0.717) is 0 Å². The minimum absolute atomic E-state index is 0.0379. The van der Waals surface area contributed by atoms with Gasteiger partial charge in [0.2, 0.25) is 0 Å². The topological polar surface area (TPSA) is 27.1 Å². The Kier molecular flexibility index (Phi) is 4.38. The van der Waals surface area contributed by atoms with E-state index in [4.69, 9.17) is 4.43 Å². The molecule has 1 atom stereocenters. The highest BCUT2D eigenvalue weighted by Gasteiger charge is 2.42. The summed E-state index contributed by atoms with van der Waals surface area (Å²) in [5, 5.41) is 0.213. The van der Waals surface area contributed by atoms with E-state index in [-0.39, 0.29) is 16.7 Å². The van der Waals surface area contributed by atoms with Crippen LogP contribution in [0.1, 0.15) is 53.6 Å². The molecule has 1 aromatic rings. The lowest BCUT2D eigenvalue weighted by atomic mass is 9.94. The van der Waals surface area contributed by atoms with Crippen molar-refractivity contribution in [3.05, 3.63) is 18.2 Å². The molecule has 0 radical (unpaired) electrons. The second-order valence-corrected chi connectivity index (χ2v) is 12.7. The Balaban J connectivity index is 3.13. The average Bonchev–Trinajstić information content (AvgIpc) is 2.57. The zero-order valence-corrected chi connectivity index (χ0v) is 15.0. The molecule has 0 aliphatic carbocycles. The normalized spacial score (nSPS) is 15.6. The summed E-state index contributed by atoms with van der Waals surface area (Å²) in [6, 6.07) is 0. The van der Waals surface area contributed by atoms with Crippen molar-refractivity contribution in [2.24, 2.45) is 5.41 Å². The number of nitrogens with zero attached hydrogens (tertiary/aromatic N) is 2. The lowest BCUT2D eigenvalue weighted by molar-refractivity contribution is 0.00981. The molecule has 1 unspecified atom stereocenters. The molecule has 0 saturated heterocycles. The van der Waals surface area contributed by atoms with Crippen LogP contribution >= 0.6 is 0 Å². The predicted octanol–water partition coefficient (Wildman–Crippen LogP) is 4.76. The Morgan fingerprint density at radius 1 is 1.16 bits per heavy atom. The van der Waals surface area contributed by atoms with Gasteiger partial charge >= 0.3 is 0 Å². The highest BCUT2D eigenvalue weighted by atomic mass is 28.4. The molecule has 0 aliphatic heterocycles. The molecule has 0 aromatic carbocycles. The molecule has 4 heteroatoms. The van der Waals surface area contributed by atoms with Gasteiger partial charge in [0, 0.05) is 17.8 Å². The van der Waals surface area contributed by atoms with Crippen LogP contribution in [-0.2, 0) is 4.43 Å². The number of aromatic nitrogens is 2. The quantitative estimate of drug-likeness (QED) is 0.747. The maximum Gasteiger partial charge on any atom is 0.194 e. The van der Waals surface area contributed by atoms with Gasteiger partial charge in [0.1, 0.15) is 12.1 Å². The van der Waals surface area contributed by atoms with Crippen molar-refractivity contribution >= 4 is 8.32 Å². The molecule has 0 saturated carbocycles. The number of hydrogen-bond acceptors (Lipinski definition) is 2. The fraction of sp³-hybridized carbons (Fsp3) is 0.800. The summed E-state index contributed by atoms with van der Waals surface area (Å²) in [5.74, 6) is 1.01. The molecule has 110 valence electrons. The van der Waals surface area contributed by atoms with E-state index in [1.165, 1.54) is 0 Å². The van der Waals surface area contributed by atoms with Gasteiger partial charge in [-0.05, 0) is 25.1 Å². The minimum atomic E-state index is -1.81. The summed E-state index contributed by atoms with van der Waals surface area (Å²) in [6.07, 6.45) is 3.91. The molecule has 1 heterocycles. The minimum Gasteiger partial charge on any atom is -0.396 e. The molecular weight excluding hydrogens is 252 g/mol. The summed E-state index contributed by atoms with van der Waals surface area (Å²) in [7, 11) is -1.81. The predicted molar refractivity (Wildman–Crippen MR) is 83.7 cm³/mol. The Morgan fingerprint density at radius 2 is 1.68 bits per heavy atom. The molecule has 19 heavy (non-hydrogen) atoms. The van der Waals surface area contributed by atoms with Crippen LogP contribution < -0.4 is 0 Å². The van der Waals surface area contributed by atoms with Gasteiger partial charge in [-0.1, -0.05) is 41.5 Å². The standard InChI is InChI=1S/C15H30N2OSi/c1-12-16-10-11-17(12)13(14(2,3)4)18-19(8,9)15(5,6)7/h10-11,13H,1-9H3. The third-order valence-corrected chi connectivity index (χ3v) is 8.49. The van der Waals surface area contributed by atoms with Gasteiger partial charge in [-0.3, -0.25) is 0 Å². The van der Waals surface area contributed by atoms with Crippen LogP contribution in [-0.4, -0.2) is 17.9 Å². The van der Waals surface area contributed by atoms with Crippen molar-refractivity contribution in [3.8, 4) is 0 Å². The van der Waals surface area contributed by atoms with Crippen LogP contribution in [0.3, 0.4) is 0 Å². The summed E-state index contributed by atoms with van der Waals surface area (Å²) in [5.41, 5.74) is 0.0426. The van der Waals surface area contributed by atoms with Crippen LogP contribution in [0.15, 0.2) is 12.4 Å². The molecule has 1 aromatic heterocycles.